The number of anilines is 1. The van der Waals surface area contributed by atoms with Crippen molar-refractivity contribution in [3.63, 3.8) is 0 Å². The molecule has 0 bridgehead atoms. The van der Waals surface area contributed by atoms with Gasteiger partial charge in [-0.1, -0.05) is 0 Å². The van der Waals surface area contributed by atoms with Gasteiger partial charge in [0.2, 0.25) is 0 Å². The van der Waals surface area contributed by atoms with Crippen molar-refractivity contribution in [3.05, 3.63) is 46.0 Å². The van der Waals surface area contributed by atoms with Crippen molar-refractivity contribution in [2.24, 2.45) is 0 Å². The van der Waals surface area contributed by atoms with E-state index in [-0.39, 0.29) is 16.9 Å². The summed E-state index contributed by atoms with van der Waals surface area (Å²) in [7, 11) is 0. The van der Waals surface area contributed by atoms with Crippen molar-refractivity contribution in [1.82, 2.24) is 9.97 Å². The molecule has 0 aliphatic carbocycles. The maximum atomic E-state index is 11.9. The largest absolute Gasteiger partial charge is 0.478 e. The summed E-state index contributed by atoms with van der Waals surface area (Å²) in [5.74, 6) is -1.56. The zero-order chi connectivity index (χ0) is 14.0. The molecular weight excluding hydrogens is 314 g/mol. The van der Waals surface area contributed by atoms with Crippen molar-refractivity contribution in [2.45, 2.75) is 6.92 Å². The smallest absolute Gasteiger partial charge is 0.339 e. The summed E-state index contributed by atoms with van der Waals surface area (Å²) in [5, 5.41) is 11.6. The SMILES string of the molecule is Cc1[nH]cc(NC(=O)c2ccc(Br)cn2)c1C(=O)O. The summed E-state index contributed by atoms with van der Waals surface area (Å²) in [4.78, 5) is 29.7. The van der Waals surface area contributed by atoms with Gasteiger partial charge in [0.25, 0.3) is 5.91 Å². The highest BCUT2D eigenvalue weighted by atomic mass is 79.9. The normalized spacial score (nSPS) is 10.2. The molecule has 6 nitrogen and oxygen atoms in total. The van der Waals surface area contributed by atoms with E-state index in [2.05, 4.69) is 31.2 Å². The molecule has 0 saturated carbocycles. The van der Waals surface area contributed by atoms with E-state index in [0.29, 0.717) is 5.69 Å². The Morgan fingerprint density at radius 3 is 2.74 bits per heavy atom. The number of aromatic carboxylic acids is 1. The highest BCUT2D eigenvalue weighted by Gasteiger charge is 2.18. The maximum Gasteiger partial charge on any atom is 0.339 e. The summed E-state index contributed by atoms with van der Waals surface area (Å²) < 4.78 is 0.757. The molecule has 0 aliphatic rings. The minimum Gasteiger partial charge on any atom is -0.478 e. The van der Waals surface area contributed by atoms with Gasteiger partial charge in [0, 0.05) is 22.6 Å². The van der Waals surface area contributed by atoms with Crippen LogP contribution < -0.4 is 5.32 Å². The number of rotatable bonds is 3. The molecule has 98 valence electrons. The number of hydrogen-bond donors (Lipinski definition) is 3. The fourth-order valence-corrected chi connectivity index (χ4v) is 1.83. The summed E-state index contributed by atoms with van der Waals surface area (Å²) >= 11 is 3.22. The topological polar surface area (TPSA) is 95.1 Å². The molecule has 7 heteroatoms. The number of nitrogens with one attached hydrogen (secondary N) is 2. The van der Waals surface area contributed by atoms with E-state index in [0.717, 1.165) is 4.47 Å². The first-order chi connectivity index (χ1) is 8.99. The fraction of sp³-hybridized carbons (Fsp3) is 0.0833. The lowest BCUT2D eigenvalue weighted by Crippen LogP contribution is -2.15. The maximum absolute atomic E-state index is 11.9. The number of carboxylic acid groups (broad SMARTS) is 1. The Kier molecular flexibility index (Phi) is 3.66. The molecule has 3 N–H and O–H groups in total. The predicted octanol–water partition coefficient (Wildman–Crippen LogP) is 2.43. The van der Waals surface area contributed by atoms with E-state index < -0.39 is 11.9 Å². The fourth-order valence-electron chi connectivity index (χ4n) is 1.60. The van der Waals surface area contributed by atoms with Gasteiger partial charge in [-0.15, -0.1) is 0 Å². The van der Waals surface area contributed by atoms with Crippen LogP contribution in [0.4, 0.5) is 5.69 Å². The van der Waals surface area contributed by atoms with Crippen LogP contribution in [0.1, 0.15) is 26.5 Å². The van der Waals surface area contributed by atoms with Crippen LogP contribution in [0.25, 0.3) is 0 Å². The quantitative estimate of drug-likeness (QED) is 0.808. The van der Waals surface area contributed by atoms with Gasteiger partial charge in [-0.05, 0) is 35.0 Å². The van der Waals surface area contributed by atoms with E-state index in [1.165, 1.54) is 12.4 Å². The molecule has 2 aromatic rings. The Hall–Kier alpha value is -2.15. The van der Waals surface area contributed by atoms with Crippen molar-refractivity contribution in [2.75, 3.05) is 5.32 Å². The van der Waals surface area contributed by atoms with Crippen LogP contribution in [0.15, 0.2) is 29.0 Å². The van der Waals surface area contributed by atoms with E-state index >= 15 is 0 Å². The number of hydrogen-bond acceptors (Lipinski definition) is 3. The molecule has 2 rings (SSSR count). The van der Waals surface area contributed by atoms with Crippen molar-refractivity contribution in [1.29, 1.82) is 0 Å². The first kappa shape index (κ1) is 13.3. The molecule has 1 amide bonds. The van der Waals surface area contributed by atoms with Gasteiger partial charge in [0.1, 0.15) is 11.3 Å². The minimum absolute atomic E-state index is 0.0467. The Bertz CT molecular complexity index is 634. The molecule has 0 spiro atoms. The van der Waals surface area contributed by atoms with E-state index in [1.807, 2.05) is 0 Å². The third kappa shape index (κ3) is 2.82. The highest BCUT2D eigenvalue weighted by molar-refractivity contribution is 9.10. The Morgan fingerprint density at radius 1 is 1.42 bits per heavy atom. The van der Waals surface area contributed by atoms with E-state index in [9.17, 15) is 9.59 Å². The number of nitrogens with zero attached hydrogens (tertiary/aromatic N) is 1. The first-order valence-electron chi connectivity index (χ1n) is 5.33. The number of aromatic amines is 1. The summed E-state index contributed by atoms with van der Waals surface area (Å²) in [6.45, 7) is 1.62. The van der Waals surface area contributed by atoms with Crippen LogP contribution in [0.2, 0.25) is 0 Å². The molecule has 0 aromatic carbocycles. The number of pyridine rings is 1. The first-order valence-corrected chi connectivity index (χ1v) is 6.12. The Balaban J connectivity index is 2.24. The number of carbonyl (C=O) groups is 2. The molecule has 0 fully saturated rings. The predicted molar refractivity (Wildman–Crippen MR) is 72.4 cm³/mol. The lowest BCUT2D eigenvalue weighted by atomic mass is 10.2. The zero-order valence-electron chi connectivity index (χ0n) is 9.90. The number of amides is 1. The van der Waals surface area contributed by atoms with Gasteiger partial charge in [0.15, 0.2) is 0 Å². The van der Waals surface area contributed by atoms with Crippen LogP contribution in [0.3, 0.4) is 0 Å². The van der Waals surface area contributed by atoms with Crippen LogP contribution in [-0.2, 0) is 0 Å². The second-order valence-electron chi connectivity index (χ2n) is 3.82. The van der Waals surface area contributed by atoms with Crippen LogP contribution in [0, 0.1) is 6.92 Å². The van der Waals surface area contributed by atoms with Crippen LogP contribution in [-0.4, -0.2) is 27.0 Å². The molecule has 0 radical (unpaired) electrons. The van der Waals surface area contributed by atoms with Crippen molar-refractivity contribution < 1.29 is 14.7 Å². The number of carbonyl (C=O) groups excluding carboxylic acids is 1. The lowest BCUT2D eigenvalue weighted by Gasteiger charge is -2.04. The van der Waals surface area contributed by atoms with E-state index in [4.69, 9.17) is 5.11 Å². The molecule has 0 saturated heterocycles. The number of aromatic nitrogens is 2. The standard InChI is InChI=1S/C12H10BrN3O3/c1-6-10(12(18)19)9(5-14-6)16-11(17)8-3-2-7(13)4-15-8/h2-5,14H,1H3,(H,16,17)(H,18,19). The van der Waals surface area contributed by atoms with Gasteiger partial charge in [-0.3, -0.25) is 4.79 Å². The zero-order valence-corrected chi connectivity index (χ0v) is 11.5. The molecule has 2 aromatic heterocycles. The van der Waals surface area contributed by atoms with Gasteiger partial charge < -0.3 is 15.4 Å². The molecule has 2 heterocycles. The molecule has 0 unspecified atom stereocenters. The molecule has 19 heavy (non-hydrogen) atoms. The molecule has 0 aliphatic heterocycles. The van der Waals surface area contributed by atoms with Gasteiger partial charge in [-0.25, -0.2) is 9.78 Å². The summed E-state index contributed by atoms with van der Waals surface area (Å²) in [5.41, 5.74) is 0.954. The van der Waals surface area contributed by atoms with E-state index in [1.54, 1.807) is 19.1 Å². The third-order valence-electron chi connectivity index (χ3n) is 2.50. The van der Waals surface area contributed by atoms with Crippen molar-refractivity contribution in [3.8, 4) is 0 Å². The minimum atomic E-state index is -1.10. The summed E-state index contributed by atoms with van der Waals surface area (Å²) in [6, 6.07) is 3.22. The second kappa shape index (κ2) is 5.23. The highest BCUT2D eigenvalue weighted by Crippen LogP contribution is 2.19. The number of H-pyrrole nitrogens is 1. The van der Waals surface area contributed by atoms with Crippen LogP contribution in [0.5, 0.6) is 0 Å². The van der Waals surface area contributed by atoms with Crippen LogP contribution >= 0.6 is 15.9 Å². The number of carboxylic acids is 1. The average Bonchev–Trinajstić information content (AvgIpc) is 2.71. The number of halogens is 1. The lowest BCUT2D eigenvalue weighted by molar-refractivity contribution is 0.0697. The second-order valence-corrected chi connectivity index (χ2v) is 4.74. The monoisotopic (exact) mass is 323 g/mol. The number of aryl methyl sites for hydroxylation is 1. The Labute approximate surface area is 117 Å². The van der Waals surface area contributed by atoms with Crippen molar-refractivity contribution >= 4 is 33.5 Å². The Morgan fingerprint density at radius 2 is 2.16 bits per heavy atom. The average molecular weight is 324 g/mol. The molecular formula is C12H10BrN3O3. The van der Waals surface area contributed by atoms with Gasteiger partial charge >= 0.3 is 5.97 Å². The summed E-state index contributed by atoms with van der Waals surface area (Å²) in [6.07, 6.45) is 2.94. The van der Waals surface area contributed by atoms with Gasteiger partial charge in [-0.2, -0.15) is 0 Å². The molecule has 0 atom stereocenters. The third-order valence-corrected chi connectivity index (χ3v) is 2.97. The van der Waals surface area contributed by atoms with Gasteiger partial charge in [0.05, 0.1) is 5.69 Å².